The lowest BCUT2D eigenvalue weighted by atomic mass is 10.0. The Morgan fingerprint density at radius 2 is 1.70 bits per heavy atom. The van der Waals surface area contributed by atoms with Crippen molar-refractivity contribution in [1.82, 2.24) is 0 Å². The van der Waals surface area contributed by atoms with Gasteiger partial charge in [-0.05, 0) is 42.3 Å². The van der Waals surface area contributed by atoms with Crippen LogP contribution in [0.25, 0.3) is 10.1 Å². The van der Waals surface area contributed by atoms with E-state index < -0.39 is 0 Å². The van der Waals surface area contributed by atoms with Gasteiger partial charge >= 0.3 is 0 Å². The van der Waals surface area contributed by atoms with Crippen LogP contribution >= 0.6 is 11.3 Å². The van der Waals surface area contributed by atoms with E-state index in [1.165, 1.54) is 20.5 Å². The molecule has 1 atom stereocenters. The van der Waals surface area contributed by atoms with Gasteiger partial charge in [-0.3, -0.25) is 0 Å². The molecule has 102 valence electrons. The molecule has 1 aromatic heterocycles. The van der Waals surface area contributed by atoms with E-state index in [2.05, 4.69) is 60.7 Å². The fourth-order valence-electron chi connectivity index (χ4n) is 2.50. The largest absolute Gasteiger partial charge is 0.323 e. The molecule has 0 aliphatic heterocycles. The van der Waals surface area contributed by atoms with Crippen molar-refractivity contribution >= 4 is 21.4 Å². The van der Waals surface area contributed by atoms with Gasteiger partial charge in [0.05, 0.1) is 0 Å². The van der Waals surface area contributed by atoms with E-state index in [0.717, 1.165) is 19.3 Å². The zero-order chi connectivity index (χ0) is 13.8. The smallest absolute Gasteiger partial charge is 0.0390 e. The van der Waals surface area contributed by atoms with Crippen LogP contribution in [0.4, 0.5) is 0 Å². The standard InChI is InChI=1S/C18H19NS/c19-16(11-6-9-14-7-2-1-3-8-14)18-13-15-10-4-5-12-17(15)20-18/h1-5,7-8,10,12-13,16H,6,9,11,19H2. The second-order valence-corrected chi connectivity index (χ2v) is 6.29. The first kappa shape index (κ1) is 13.3. The molecule has 1 heterocycles. The molecular formula is C18H19NS. The Hall–Kier alpha value is -1.64. The molecule has 2 N–H and O–H groups in total. The highest BCUT2D eigenvalue weighted by Gasteiger charge is 2.09. The first-order valence-electron chi connectivity index (χ1n) is 7.11. The first-order valence-corrected chi connectivity index (χ1v) is 7.92. The second-order valence-electron chi connectivity index (χ2n) is 5.17. The summed E-state index contributed by atoms with van der Waals surface area (Å²) in [4.78, 5) is 1.30. The third-order valence-electron chi connectivity index (χ3n) is 3.63. The number of hydrogen-bond donors (Lipinski definition) is 1. The highest BCUT2D eigenvalue weighted by Crippen LogP contribution is 2.30. The molecule has 0 bridgehead atoms. The predicted octanol–water partition coefficient (Wildman–Crippen LogP) is 4.92. The van der Waals surface area contributed by atoms with E-state index in [1.54, 1.807) is 0 Å². The van der Waals surface area contributed by atoms with Crippen LogP contribution in [0.5, 0.6) is 0 Å². The second kappa shape index (κ2) is 6.21. The number of aryl methyl sites for hydroxylation is 1. The summed E-state index contributed by atoms with van der Waals surface area (Å²) in [6.07, 6.45) is 3.29. The fourth-order valence-corrected chi connectivity index (χ4v) is 3.60. The summed E-state index contributed by atoms with van der Waals surface area (Å²) in [7, 11) is 0. The quantitative estimate of drug-likeness (QED) is 0.705. The average molecular weight is 281 g/mol. The van der Waals surface area contributed by atoms with Crippen molar-refractivity contribution in [3.63, 3.8) is 0 Å². The van der Waals surface area contributed by atoms with E-state index in [4.69, 9.17) is 5.73 Å². The van der Waals surface area contributed by atoms with Crippen LogP contribution < -0.4 is 5.73 Å². The van der Waals surface area contributed by atoms with Gasteiger partial charge in [-0.25, -0.2) is 0 Å². The summed E-state index contributed by atoms with van der Waals surface area (Å²) in [5.41, 5.74) is 7.73. The summed E-state index contributed by atoms with van der Waals surface area (Å²) in [5.74, 6) is 0. The molecule has 20 heavy (non-hydrogen) atoms. The Kier molecular flexibility index (Phi) is 4.14. The van der Waals surface area contributed by atoms with Gasteiger partial charge in [-0.15, -0.1) is 11.3 Å². The lowest BCUT2D eigenvalue weighted by molar-refractivity contribution is 0.620. The Labute approximate surface area is 124 Å². The molecule has 0 saturated heterocycles. The zero-order valence-corrected chi connectivity index (χ0v) is 12.3. The summed E-state index contributed by atoms with van der Waals surface area (Å²) >= 11 is 1.83. The van der Waals surface area contributed by atoms with Crippen molar-refractivity contribution < 1.29 is 0 Å². The van der Waals surface area contributed by atoms with Crippen LogP contribution in [-0.4, -0.2) is 0 Å². The van der Waals surface area contributed by atoms with Gasteiger partial charge in [0, 0.05) is 15.6 Å². The van der Waals surface area contributed by atoms with Crippen molar-refractivity contribution in [3.8, 4) is 0 Å². The van der Waals surface area contributed by atoms with Gasteiger partial charge in [0.2, 0.25) is 0 Å². The topological polar surface area (TPSA) is 26.0 Å². The van der Waals surface area contributed by atoms with E-state index >= 15 is 0 Å². The van der Waals surface area contributed by atoms with Crippen LogP contribution in [0.2, 0.25) is 0 Å². The normalized spacial score (nSPS) is 12.7. The Balaban J connectivity index is 1.60. The van der Waals surface area contributed by atoms with Crippen LogP contribution in [-0.2, 0) is 6.42 Å². The average Bonchev–Trinajstić information content (AvgIpc) is 2.92. The molecule has 3 aromatic rings. The van der Waals surface area contributed by atoms with Crippen LogP contribution in [0, 0.1) is 0 Å². The molecule has 2 heteroatoms. The van der Waals surface area contributed by atoms with Crippen molar-refractivity contribution in [1.29, 1.82) is 0 Å². The minimum Gasteiger partial charge on any atom is -0.323 e. The molecule has 0 fully saturated rings. The number of hydrogen-bond acceptors (Lipinski definition) is 2. The van der Waals surface area contributed by atoms with E-state index in [0.29, 0.717) is 0 Å². The molecular weight excluding hydrogens is 262 g/mol. The minimum absolute atomic E-state index is 0.163. The van der Waals surface area contributed by atoms with Crippen molar-refractivity contribution in [2.45, 2.75) is 25.3 Å². The van der Waals surface area contributed by atoms with Crippen LogP contribution in [0.1, 0.15) is 29.3 Å². The molecule has 1 nitrogen and oxygen atoms in total. The Morgan fingerprint density at radius 3 is 2.50 bits per heavy atom. The van der Waals surface area contributed by atoms with Crippen molar-refractivity contribution in [3.05, 3.63) is 71.1 Å². The van der Waals surface area contributed by atoms with E-state index in [-0.39, 0.29) is 6.04 Å². The van der Waals surface area contributed by atoms with E-state index in [9.17, 15) is 0 Å². The zero-order valence-electron chi connectivity index (χ0n) is 11.5. The summed E-state index contributed by atoms with van der Waals surface area (Å²) in [6, 6.07) is 21.5. The van der Waals surface area contributed by atoms with Gasteiger partial charge in [0.1, 0.15) is 0 Å². The number of nitrogens with two attached hydrogens (primary N) is 1. The van der Waals surface area contributed by atoms with Gasteiger partial charge < -0.3 is 5.73 Å². The molecule has 0 saturated carbocycles. The fraction of sp³-hybridized carbons (Fsp3) is 0.222. The van der Waals surface area contributed by atoms with Gasteiger partial charge in [-0.2, -0.15) is 0 Å². The predicted molar refractivity (Wildman–Crippen MR) is 88.1 cm³/mol. The van der Waals surface area contributed by atoms with Gasteiger partial charge in [0.15, 0.2) is 0 Å². The van der Waals surface area contributed by atoms with Crippen LogP contribution in [0.15, 0.2) is 60.7 Å². The maximum Gasteiger partial charge on any atom is 0.0390 e. The van der Waals surface area contributed by atoms with Crippen molar-refractivity contribution in [2.75, 3.05) is 0 Å². The molecule has 2 aromatic carbocycles. The number of fused-ring (bicyclic) bond motifs is 1. The molecule has 0 aliphatic rings. The number of rotatable bonds is 5. The molecule has 1 unspecified atom stereocenters. The monoisotopic (exact) mass is 281 g/mol. The summed E-state index contributed by atoms with van der Waals surface area (Å²) in [6.45, 7) is 0. The SMILES string of the molecule is NC(CCCc1ccccc1)c1cc2ccccc2s1. The van der Waals surface area contributed by atoms with Gasteiger partial charge in [0.25, 0.3) is 0 Å². The lowest BCUT2D eigenvalue weighted by Gasteiger charge is -2.09. The lowest BCUT2D eigenvalue weighted by Crippen LogP contribution is -2.08. The highest BCUT2D eigenvalue weighted by atomic mass is 32.1. The van der Waals surface area contributed by atoms with Crippen LogP contribution in [0.3, 0.4) is 0 Å². The van der Waals surface area contributed by atoms with Crippen molar-refractivity contribution in [2.24, 2.45) is 5.73 Å². The molecule has 3 rings (SSSR count). The number of benzene rings is 2. The third-order valence-corrected chi connectivity index (χ3v) is 4.88. The van der Waals surface area contributed by atoms with Gasteiger partial charge in [-0.1, -0.05) is 48.5 Å². The molecule has 0 aliphatic carbocycles. The number of thiophene rings is 1. The molecule has 0 amide bonds. The summed E-state index contributed by atoms with van der Waals surface area (Å²) < 4.78 is 1.33. The maximum absolute atomic E-state index is 6.33. The summed E-state index contributed by atoms with van der Waals surface area (Å²) in [5, 5.41) is 1.31. The Morgan fingerprint density at radius 1 is 0.950 bits per heavy atom. The van der Waals surface area contributed by atoms with E-state index in [1.807, 2.05) is 11.3 Å². The minimum atomic E-state index is 0.163. The third kappa shape index (κ3) is 3.09. The molecule has 0 radical (unpaired) electrons. The maximum atomic E-state index is 6.33. The Bertz CT molecular complexity index is 639. The first-order chi connectivity index (χ1) is 9.83. The highest BCUT2D eigenvalue weighted by molar-refractivity contribution is 7.19. The molecule has 0 spiro atoms.